The van der Waals surface area contributed by atoms with E-state index in [4.69, 9.17) is 0 Å². The van der Waals surface area contributed by atoms with Gasteiger partial charge in [-0.25, -0.2) is 0 Å². The molecule has 1 aromatic carbocycles. The lowest BCUT2D eigenvalue weighted by molar-refractivity contribution is -0.0498. The van der Waals surface area contributed by atoms with Crippen molar-refractivity contribution in [3.8, 4) is 5.75 Å². The van der Waals surface area contributed by atoms with Gasteiger partial charge in [-0.05, 0) is 32.0 Å². The number of amides is 1. The van der Waals surface area contributed by atoms with E-state index in [1.54, 1.807) is 6.20 Å². The summed E-state index contributed by atoms with van der Waals surface area (Å²) in [6.07, 6.45) is 1.70. The van der Waals surface area contributed by atoms with Gasteiger partial charge in [0.15, 0.2) is 0 Å². The van der Waals surface area contributed by atoms with Crippen LogP contribution in [-0.4, -0.2) is 22.3 Å². The average molecular weight is 309 g/mol. The van der Waals surface area contributed by atoms with Crippen molar-refractivity contribution in [3.63, 3.8) is 0 Å². The van der Waals surface area contributed by atoms with Crippen LogP contribution in [0.2, 0.25) is 0 Å². The number of nitrogens with one attached hydrogen (secondary N) is 1. The van der Waals surface area contributed by atoms with Crippen molar-refractivity contribution >= 4 is 5.91 Å². The molecule has 1 aromatic heterocycles. The number of benzene rings is 1. The lowest BCUT2D eigenvalue weighted by Gasteiger charge is -2.08. The van der Waals surface area contributed by atoms with Crippen molar-refractivity contribution in [1.29, 1.82) is 0 Å². The van der Waals surface area contributed by atoms with Crippen LogP contribution >= 0.6 is 0 Å². The molecule has 1 amide bonds. The van der Waals surface area contributed by atoms with Crippen molar-refractivity contribution in [1.82, 2.24) is 15.1 Å². The zero-order valence-corrected chi connectivity index (χ0v) is 12.3. The molecule has 0 radical (unpaired) electrons. The highest BCUT2D eigenvalue weighted by molar-refractivity contribution is 5.94. The van der Waals surface area contributed by atoms with Gasteiger partial charge in [-0.3, -0.25) is 9.48 Å². The molecule has 7 heteroatoms. The first-order valence-electron chi connectivity index (χ1n) is 6.85. The molecule has 1 N–H and O–H groups in total. The van der Waals surface area contributed by atoms with Crippen LogP contribution in [0.4, 0.5) is 8.78 Å². The summed E-state index contributed by atoms with van der Waals surface area (Å²) in [4.78, 5) is 12.1. The quantitative estimate of drug-likeness (QED) is 0.892. The van der Waals surface area contributed by atoms with E-state index in [2.05, 4.69) is 15.2 Å². The van der Waals surface area contributed by atoms with Crippen LogP contribution in [0.25, 0.3) is 0 Å². The second-order valence-corrected chi connectivity index (χ2v) is 4.66. The smallest absolute Gasteiger partial charge is 0.387 e. The van der Waals surface area contributed by atoms with Gasteiger partial charge in [-0.2, -0.15) is 13.9 Å². The second-order valence-electron chi connectivity index (χ2n) is 4.66. The molecule has 0 aliphatic carbocycles. The third-order valence-electron chi connectivity index (χ3n) is 3.27. The van der Waals surface area contributed by atoms with Crippen LogP contribution in [0.3, 0.4) is 0 Å². The Morgan fingerprint density at radius 3 is 2.86 bits per heavy atom. The van der Waals surface area contributed by atoms with E-state index >= 15 is 0 Å². The van der Waals surface area contributed by atoms with Gasteiger partial charge in [0.25, 0.3) is 5.91 Å². The summed E-state index contributed by atoms with van der Waals surface area (Å²) in [6, 6.07) is 5.69. The first kappa shape index (κ1) is 15.9. The molecule has 2 aromatic rings. The highest BCUT2D eigenvalue weighted by Gasteiger charge is 2.11. The minimum absolute atomic E-state index is 0.0439. The Labute approximate surface area is 126 Å². The fraction of sp³-hybridized carbons (Fsp3) is 0.333. The standard InChI is InChI=1S/C15H17F2N3O2/c1-3-20-10(2)12(9-19-20)8-18-14(21)11-5-4-6-13(7-11)22-15(16)17/h4-7,9,15H,3,8H2,1-2H3,(H,18,21). The number of alkyl halides is 2. The van der Waals surface area contributed by atoms with Gasteiger partial charge in [0, 0.05) is 29.9 Å². The van der Waals surface area contributed by atoms with Crippen molar-refractivity contribution in [2.45, 2.75) is 33.5 Å². The van der Waals surface area contributed by atoms with Crippen molar-refractivity contribution in [3.05, 3.63) is 47.3 Å². The van der Waals surface area contributed by atoms with Crippen molar-refractivity contribution in [2.75, 3.05) is 0 Å². The largest absolute Gasteiger partial charge is 0.435 e. The van der Waals surface area contributed by atoms with Crippen LogP contribution in [0.1, 0.15) is 28.5 Å². The summed E-state index contributed by atoms with van der Waals surface area (Å²) in [5.74, 6) is -0.402. The number of carbonyl (C=O) groups excluding carboxylic acids is 1. The zero-order valence-electron chi connectivity index (χ0n) is 12.3. The van der Waals surface area contributed by atoms with Crippen LogP contribution in [0.5, 0.6) is 5.75 Å². The summed E-state index contributed by atoms with van der Waals surface area (Å²) in [7, 11) is 0. The van der Waals surface area contributed by atoms with Gasteiger partial charge >= 0.3 is 6.61 Å². The highest BCUT2D eigenvalue weighted by atomic mass is 19.3. The Balaban J connectivity index is 2.01. The summed E-state index contributed by atoms with van der Waals surface area (Å²) < 4.78 is 30.5. The summed E-state index contributed by atoms with van der Waals surface area (Å²) in [5.41, 5.74) is 2.16. The van der Waals surface area contributed by atoms with Gasteiger partial charge in [-0.1, -0.05) is 6.07 Å². The SMILES string of the molecule is CCn1ncc(CNC(=O)c2cccc(OC(F)F)c2)c1C. The molecular formula is C15H17F2N3O2. The number of nitrogens with zero attached hydrogens (tertiary/aromatic N) is 2. The van der Waals surface area contributed by atoms with Crippen molar-refractivity contribution < 1.29 is 18.3 Å². The Bertz CT molecular complexity index is 656. The van der Waals surface area contributed by atoms with E-state index in [1.165, 1.54) is 24.3 Å². The van der Waals surface area contributed by atoms with Gasteiger partial charge in [-0.15, -0.1) is 0 Å². The molecule has 0 atom stereocenters. The Hall–Kier alpha value is -2.44. The van der Waals surface area contributed by atoms with Crippen LogP contribution in [0.15, 0.2) is 30.5 Å². The number of carbonyl (C=O) groups is 1. The Kier molecular flexibility index (Phi) is 5.08. The van der Waals surface area contributed by atoms with E-state index in [9.17, 15) is 13.6 Å². The Morgan fingerprint density at radius 2 is 2.23 bits per heavy atom. The molecule has 5 nitrogen and oxygen atoms in total. The molecule has 0 bridgehead atoms. The van der Waals surface area contributed by atoms with Gasteiger partial charge < -0.3 is 10.1 Å². The molecule has 2 rings (SSSR count). The summed E-state index contributed by atoms with van der Waals surface area (Å²) in [6.45, 7) is 2.07. The first-order chi connectivity index (χ1) is 10.5. The maximum absolute atomic E-state index is 12.2. The maximum Gasteiger partial charge on any atom is 0.387 e. The van der Waals surface area contributed by atoms with E-state index in [1.807, 2.05) is 18.5 Å². The highest BCUT2D eigenvalue weighted by Crippen LogP contribution is 2.16. The third-order valence-corrected chi connectivity index (χ3v) is 3.27. The van der Waals surface area contributed by atoms with Gasteiger partial charge in [0.2, 0.25) is 0 Å². The number of aryl methyl sites for hydroxylation is 1. The number of rotatable bonds is 6. The summed E-state index contributed by atoms with van der Waals surface area (Å²) >= 11 is 0. The molecule has 0 aliphatic rings. The fourth-order valence-electron chi connectivity index (χ4n) is 2.07. The van der Waals surface area contributed by atoms with Crippen LogP contribution < -0.4 is 10.1 Å². The van der Waals surface area contributed by atoms with E-state index in [0.717, 1.165) is 17.8 Å². The molecule has 0 unspecified atom stereocenters. The van der Waals surface area contributed by atoms with Gasteiger partial charge in [0.05, 0.1) is 6.20 Å². The maximum atomic E-state index is 12.2. The number of halogens is 2. The normalized spacial score (nSPS) is 10.8. The molecular weight excluding hydrogens is 292 g/mol. The fourth-order valence-corrected chi connectivity index (χ4v) is 2.07. The van der Waals surface area contributed by atoms with E-state index in [-0.39, 0.29) is 17.2 Å². The molecule has 0 aliphatic heterocycles. The molecule has 0 fully saturated rings. The van der Waals surface area contributed by atoms with Crippen molar-refractivity contribution in [2.24, 2.45) is 0 Å². The molecule has 118 valence electrons. The topological polar surface area (TPSA) is 56.2 Å². The first-order valence-corrected chi connectivity index (χ1v) is 6.85. The predicted molar refractivity (Wildman–Crippen MR) is 76.9 cm³/mol. The van der Waals surface area contributed by atoms with Gasteiger partial charge in [0.1, 0.15) is 5.75 Å². The predicted octanol–water partition coefficient (Wildman–Crippen LogP) is 2.74. The molecule has 0 spiro atoms. The number of ether oxygens (including phenoxy) is 1. The molecule has 0 saturated heterocycles. The molecule has 0 saturated carbocycles. The monoisotopic (exact) mass is 309 g/mol. The lowest BCUT2D eigenvalue weighted by Crippen LogP contribution is -2.23. The summed E-state index contributed by atoms with van der Waals surface area (Å²) in [5, 5.41) is 6.93. The van der Waals surface area contributed by atoms with E-state index < -0.39 is 6.61 Å². The minimum Gasteiger partial charge on any atom is -0.435 e. The second kappa shape index (κ2) is 7.02. The zero-order chi connectivity index (χ0) is 16.1. The number of aromatic nitrogens is 2. The number of hydrogen-bond acceptors (Lipinski definition) is 3. The molecule has 1 heterocycles. The van der Waals surface area contributed by atoms with E-state index in [0.29, 0.717) is 6.54 Å². The number of hydrogen-bond donors (Lipinski definition) is 1. The minimum atomic E-state index is -2.92. The third kappa shape index (κ3) is 3.81. The average Bonchev–Trinajstić information content (AvgIpc) is 2.84. The Morgan fingerprint density at radius 1 is 1.45 bits per heavy atom. The van der Waals surface area contributed by atoms with Crippen LogP contribution in [-0.2, 0) is 13.1 Å². The molecule has 22 heavy (non-hydrogen) atoms. The van der Waals surface area contributed by atoms with Crippen LogP contribution in [0, 0.1) is 6.92 Å². The lowest BCUT2D eigenvalue weighted by atomic mass is 10.2.